The minimum atomic E-state index is 0.559. The maximum absolute atomic E-state index is 5.41. The third-order valence-corrected chi connectivity index (χ3v) is 4.19. The second kappa shape index (κ2) is 6.69. The van der Waals surface area contributed by atoms with Crippen LogP contribution in [-0.2, 0) is 0 Å². The fourth-order valence-corrected chi connectivity index (χ4v) is 2.86. The Hall–Kier alpha value is -1.38. The molecule has 1 saturated carbocycles. The molecular formula is C16H25NO2. The Kier molecular flexibility index (Phi) is 4.94. The van der Waals surface area contributed by atoms with E-state index in [9.17, 15) is 0 Å². The van der Waals surface area contributed by atoms with Crippen molar-refractivity contribution < 1.29 is 9.47 Å². The highest BCUT2D eigenvalue weighted by molar-refractivity contribution is 5.60. The van der Waals surface area contributed by atoms with E-state index in [1.165, 1.54) is 32.1 Å². The van der Waals surface area contributed by atoms with Crippen LogP contribution < -0.4 is 14.8 Å². The number of anilines is 1. The van der Waals surface area contributed by atoms with Crippen molar-refractivity contribution in [2.75, 3.05) is 19.5 Å². The minimum absolute atomic E-state index is 0.559. The Bertz CT molecular complexity index is 398. The first-order valence-electron chi connectivity index (χ1n) is 7.25. The van der Waals surface area contributed by atoms with Crippen molar-refractivity contribution in [1.29, 1.82) is 0 Å². The lowest BCUT2D eigenvalue weighted by Gasteiger charge is -2.29. The van der Waals surface area contributed by atoms with Crippen LogP contribution in [0.15, 0.2) is 18.2 Å². The average molecular weight is 263 g/mol. The van der Waals surface area contributed by atoms with Gasteiger partial charge in [-0.1, -0.05) is 13.3 Å². The molecule has 3 nitrogen and oxygen atoms in total. The molecule has 2 rings (SSSR count). The van der Waals surface area contributed by atoms with E-state index in [0.717, 1.165) is 23.1 Å². The normalized spacial score (nSPS) is 22.9. The van der Waals surface area contributed by atoms with E-state index < -0.39 is 0 Å². The SMILES string of the molecule is CCC1CCC(Nc2cc(OC)ccc2OC)CC1. The minimum Gasteiger partial charge on any atom is -0.497 e. The molecule has 1 aliphatic carbocycles. The number of hydrogen-bond donors (Lipinski definition) is 1. The lowest BCUT2D eigenvalue weighted by atomic mass is 9.84. The Morgan fingerprint density at radius 2 is 1.84 bits per heavy atom. The number of rotatable bonds is 5. The largest absolute Gasteiger partial charge is 0.497 e. The molecule has 0 spiro atoms. The topological polar surface area (TPSA) is 30.5 Å². The second-order valence-corrected chi connectivity index (χ2v) is 5.34. The van der Waals surface area contributed by atoms with Gasteiger partial charge in [-0.3, -0.25) is 0 Å². The van der Waals surface area contributed by atoms with E-state index in [4.69, 9.17) is 9.47 Å². The summed E-state index contributed by atoms with van der Waals surface area (Å²) in [6.45, 7) is 2.30. The predicted molar refractivity (Wildman–Crippen MR) is 79.2 cm³/mol. The number of methoxy groups -OCH3 is 2. The molecule has 106 valence electrons. The average Bonchev–Trinajstić information content (AvgIpc) is 2.48. The van der Waals surface area contributed by atoms with Gasteiger partial charge >= 0.3 is 0 Å². The number of ether oxygens (including phenoxy) is 2. The van der Waals surface area contributed by atoms with Crippen molar-refractivity contribution in [2.24, 2.45) is 5.92 Å². The summed E-state index contributed by atoms with van der Waals surface area (Å²) in [6, 6.07) is 6.46. The molecule has 1 aromatic rings. The maximum atomic E-state index is 5.41. The van der Waals surface area contributed by atoms with Crippen molar-refractivity contribution >= 4 is 5.69 Å². The molecule has 0 heterocycles. The zero-order valence-electron chi connectivity index (χ0n) is 12.2. The van der Waals surface area contributed by atoms with E-state index in [0.29, 0.717) is 6.04 Å². The van der Waals surface area contributed by atoms with Gasteiger partial charge in [0.2, 0.25) is 0 Å². The van der Waals surface area contributed by atoms with E-state index in [1.807, 2.05) is 18.2 Å². The van der Waals surface area contributed by atoms with E-state index in [2.05, 4.69) is 12.2 Å². The van der Waals surface area contributed by atoms with Gasteiger partial charge in [0, 0.05) is 12.1 Å². The highest BCUT2D eigenvalue weighted by atomic mass is 16.5. The van der Waals surface area contributed by atoms with Crippen LogP contribution in [-0.4, -0.2) is 20.3 Å². The molecule has 1 N–H and O–H groups in total. The van der Waals surface area contributed by atoms with Crippen molar-refractivity contribution in [1.82, 2.24) is 0 Å². The van der Waals surface area contributed by atoms with Gasteiger partial charge in [0.1, 0.15) is 11.5 Å². The molecule has 1 fully saturated rings. The summed E-state index contributed by atoms with van der Waals surface area (Å²) in [7, 11) is 3.40. The van der Waals surface area contributed by atoms with Crippen LogP contribution in [0.4, 0.5) is 5.69 Å². The molecule has 0 saturated heterocycles. The molecular weight excluding hydrogens is 238 g/mol. The van der Waals surface area contributed by atoms with Gasteiger partial charge in [-0.15, -0.1) is 0 Å². The summed E-state index contributed by atoms with van der Waals surface area (Å²) in [4.78, 5) is 0. The summed E-state index contributed by atoms with van der Waals surface area (Å²) in [5.74, 6) is 2.68. The first kappa shape index (κ1) is 14.0. The van der Waals surface area contributed by atoms with E-state index in [-0.39, 0.29) is 0 Å². The first-order valence-corrected chi connectivity index (χ1v) is 7.25. The molecule has 0 bridgehead atoms. The highest BCUT2D eigenvalue weighted by Gasteiger charge is 2.20. The summed E-state index contributed by atoms with van der Waals surface area (Å²) in [5, 5.41) is 3.61. The van der Waals surface area contributed by atoms with Gasteiger partial charge in [0.05, 0.1) is 19.9 Å². The molecule has 3 heteroatoms. The third-order valence-electron chi connectivity index (χ3n) is 4.19. The van der Waals surface area contributed by atoms with Gasteiger partial charge in [0.25, 0.3) is 0 Å². The zero-order chi connectivity index (χ0) is 13.7. The standard InChI is InChI=1S/C16H25NO2/c1-4-12-5-7-13(8-6-12)17-15-11-14(18-2)9-10-16(15)19-3/h9-13,17H,4-8H2,1-3H3. The van der Waals surface area contributed by atoms with Gasteiger partial charge in [-0.05, 0) is 43.7 Å². The van der Waals surface area contributed by atoms with Crippen LogP contribution in [0.25, 0.3) is 0 Å². The fraction of sp³-hybridized carbons (Fsp3) is 0.625. The molecule has 0 amide bonds. The van der Waals surface area contributed by atoms with Gasteiger partial charge in [0.15, 0.2) is 0 Å². The predicted octanol–water partition coefficient (Wildman–Crippen LogP) is 4.08. The summed E-state index contributed by atoms with van der Waals surface area (Å²) >= 11 is 0. The summed E-state index contributed by atoms with van der Waals surface area (Å²) in [6.07, 6.45) is 6.48. The maximum Gasteiger partial charge on any atom is 0.142 e. The zero-order valence-corrected chi connectivity index (χ0v) is 12.2. The van der Waals surface area contributed by atoms with E-state index >= 15 is 0 Å². The van der Waals surface area contributed by atoms with Crippen LogP contribution in [0.2, 0.25) is 0 Å². The Balaban J connectivity index is 2.02. The molecule has 0 radical (unpaired) electrons. The third kappa shape index (κ3) is 3.55. The lowest BCUT2D eigenvalue weighted by Crippen LogP contribution is -2.26. The Labute approximate surface area is 116 Å². The molecule has 1 aliphatic rings. The van der Waals surface area contributed by atoms with Crippen LogP contribution in [0.1, 0.15) is 39.0 Å². The number of hydrogen-bond acceptors (Lipinski definition) is 3. The number of nitrogens with one attached hydrogen (secondary N) is 1. The monoisotopic (exact) mass is 263 g/mol. The van der Waals surface area contributed by atoms with Crippen LogP contribution in [0.3, 0.4) is 0 Å². The molecule has 0 aromatic heterocycles. The second-order valence-electron chi connectivity index (χ2n) is 5.34. The highest BCUT2D eigenvalue weighted by Crippen LogP contribution is 2.33. The van der Waals surface area contributed by atoms with Gasteiger partial charge < -0.3 is 14.8 Å². The summed E-state index contributed by atoms with van der Waals surface area (Å²) < 4.78 is 10.7. The van der Waals surface area contributed by atoms with Crippen molar-refractivity contribution in [3.05, 3.63) is 18.2 Å². The lowest BCUT2D eigenvalue weighted by molar-refractivity contribution is 0.329. The molecule has 19 heavy (non-hydrogen) atoms. The molecule has 1 aromatic carbocycles. The Morgan fingerprint density at radius 1 is 1.11 bits per heavy atom. The quantitative estimate of drug-likeness (QED) is 0.868. The molecule has 0 aliphatic heterocycles. The Morgan fingerprint density at radius 3 is 2.42 bits per heavy atom. The van der Waals surface area contributed by atoms with Crippen molar-refractivity contribution in [3.8, 4) is 11.5 Å². The molecule has 0 atom stereocenters. The smallest absolute Gasteiger partial charge is 0.142 e. The molecule has 0 unspecified atom stereocenters. The summed E-state index contributed by atoms with van der Waals surface area (Å²) in [5.41, 5.74) is 1.04. The first-order chi connectivity index (χ1) is 9.26. The van der Waals surface area contributed by atoms with Gasteiger partial charge in [-0.25, -0.2) is 0 Å². The van der Waals surface area contributed by atoms with E-state index in [1.54, 1.807) is 14.2 Å². The van der Waals surface area contributed by atoms with Crippen LogP contribution in [0.5, 0.6) is 11.5 Å². The van der Waals surface area contributed by atoms with Gasteiger partial charge in [-0.2, -0.15) is 0 Å². The number of benzene rings is 1. The van der Waals surface area contributed by atoms with Crippen LogP contribution >= 0.6 is 0 Å². The fourth-order valence-electron chi connectivity index (χ4n) is 2.86. The van der Waals surface area contributed by atoms with Crippen molar-refractivity contribution in [2.45, 2.75) is 45.1 Å². The van der Waals surface area contributed by atoms with Crippen molar-refractivity contribution in [3.63, 3.8) is 0 Å². The van der Waals surface area contributed by atoms with Crippen LogP contribution in [0, 0.1) is 5.92 Å².